The van der Waals surface area contributed by atoms with Gasteiger partial charge in [-0.15, -0.1) is 0 Å². The summed E-state index contributed by atoms with van der Waals surface area (Å²) in [6, 6.07) is 6.70. The van der Waals surface area contributed by atoms with Crippen LogP contribution in [-0.2, 0) is 26.2 Å². The maximum atomic E-state index is 12.6. The van der Waals surface area contributed by atoms with Crippen molar-refractivity contribution in [1.29, 1.82) is 0 Å². The van der Waals surface area contributed by atoms with Crippen LogP contribution in [-0.4, -0.2) is 47.2 Å². The fourth-order valence-electron chi connectivity index (χ4n) is 3.00. The van der Waals surface area contributed by atoms with E-state index in [1.54, 1.807) is 24.3 Å². The molecule has 9 nitrogen and oxygen atoms in total. The number of carbonyl (C=O) groups excluding carboxylic acids is 2. The Morgan fingerprint density at radius 2 is 1.64 bits per heavy atom. The van der Waals surface area contributed by atoms with Crippen LogP contribution in [0.15, 0.2) is 41.8 Å². The number of carbonyl (C=O) groups is 2. The first-order valence-corrected chi connectivity index (χ1v) is 10.5. The summed E-state index contributed by atoms with van der Waals surface area (Å²) in [5, 5.41) is 5.33. The van der Waals surface area contributed by atoms with Crippen LogP contribution in [0, 0.1) is 0 Å². The summed E-state index contributed by atoms with van der Waals surface area (Å²) in [5.41, 5.74) is 1.20. The SMILES string of the molecule is CC(=O)Nc1ccc(NC(=O)Cn2cnc(S(=O)(=O)N3CCCCC3)c2)cc1. The van der Waals surface area contributed by atoms with Crippen LogP contribution in [0.5, 0.6) is 0 Å². The summed E-state index contributed by atoms with van der Waals surface area (Å²) >= 11 is 0. The number of hydrogen-bond acceptors (Lipinski definition) is 5. The molecule has 1 aliphatic rings. The smallest absolute Gasteiger partial charge is 0.262 e. The third-order valence-corrected chi connectivity index (χ3v) is 6.13. The molecule has 150 valence electrons. The topological polar surface area (TPSA) is 113 Å². The Labute approximate surface area is 163 Å². The molecule has 1 aliphatic heterocycles. The molecule has 0 unspecified atom stereocenters. The Bertz CT molecular complexity index is 947. The second kappa shape index (κ2) is 8.53. The number of piperidine rings is 1. The van der Waals surface area contributed by atoms with Crippen LogP contribution in [0.2, 0.25) is 0 Å². The quantitative estimate of drug-likeness (QED) is 0.759. The normalized spacial score (nSPS) is 15.2. The molecule has 3 rings (SSSR count). The summed E-state index contributed by atoms with van der Waals surface area (Å²) in [6.45, 7) is 2.37. The molecule has 0 saturated carbocycles. The molecular formula is C18H23N5O4S. The van der Waals surface area contributed by atoms with Crippen molar-refractivity contribution >= 4 is 33.2 Å². The van der Waals surface area contributed by atoms with Gasteiger partial charge < -0.3 is 15.2 Å². The fraction of sp³-hybridized carbons (Fsp3) is 0.389. The van der Waals surface area contributed by atoms with Crippen LogP contribution in [0.1, 0.15) is 26.2 Å². The molecule has 0 bridgehead atoms. The second-order valence-corrected chi connectivity index (χ2v) is 8.54. The van der Waals surface area contributed by atoms with E-state index in [4.69, 9.17) is 0 Å². The lowest BCUT2D eigenvalue weighted by molar-refractivity contribution is -0.117. The average molecular weight is 405 g/mol. The Morgan fingerprint density at radius 3 is 2.25 bits per heavy atom. The number of nitrogens with zero attached hydrogens (tertiary/aromatic N) is 3. The van der Waals surface area contributed by atoms with E-state index >= 15 is 0 Å². The second-order valence-electron chi connectivity index (χ2n) is 6.66. The molecule has 10 heteroatoms. The molecule has 0 aliphatic carbocycles. The lowest BCUT2D eigenvalue weighted by atomic mass is 10.2. The number of anilines is 2. The van der Waals surface area contributed by atoms with Crippen LogP contribution >= 0.6 is 0 Å². The number of imidazole rings is 1. The summed E-state index contributed by atoms with van der Waals surface area (Å²) in [7, 11) is -3.62. The summed E-state index contributed by atoms with van der Waals surface area (Å²) in [5.74, 6) is -0.487. The molecule has 28 heavy (non-hydrogen) atoms. The highest BCUT2D eigenvalue weighted by Crippen LogP contribution is 2.19. The molecule has 2 aromatic rings. The van der Waals surface area contributed by atoms with Gasteiger partial charge in [0.05, 0.1) is 6.33 Å². The Hall–Kier alpha value is -2.72. The summed E-state index contributed by atoms with van der Waals surface area (Å²) in [4.78, 5) is 27.2. The van der Waals surface area contributed by atoms with Crippen molar-refractivity contribution in [3.8, 4) is 0 Å². The van der Waals surface area contributed by atoms with E-state index in [2.05, 4.69) is 15.6 Å². The van der Waals surface area contributed by atoms with Gasteiger partial charge in [-0.05, 0) is 37.1 Å². The van der Waals surface area contributed by atoms with Gasteiger partial charge in [-0.2, -0.15) is 4.31 Å². The van der Waals surface area contributed by atoms with Crippen molar-refractivity contribution in [3.05, 3.63) is 36.8 Å². The zero-order valence-electron chi connectivity index (χ0n) is 15.6. The highest BCUT2D eigenvalue weighted by molar-refractivity contribution is 7.89. The van der Waals surface area contributed by atoms with Gasteiger partial charge in [0.25, 0.3) is 10.0 Å². The molecule has 2 heterocycles. The maximum Gasteiger partial charge on any atom is 0.262 e. The van der Waals surface area contributed by atoms with Crippen LogP contribution < -0.4 is 10.6 Å². The van der Waals surface area contributed by atoms with E-state index < -0.39 is 10.0 Å². The minimum absolute atomic E-state index is 0.0399. The van der Waals surface area contributed by atoms with Gasteiger partial charge in [0.1, 0.15) is 6.54 Å². The largest absolute Gasteiger partial charge is 0.327 e. The number of aromatic nitrogens is 2. The Kier molecular flexibility index (Phi) is 6.10. The van der Waals surface area contributed by atoms with Crippen LogP contribution in [0.3, 0.4) is 0 Å². The monoisotopic (exact) mass is 405 g/mol. The number of sulfonamides is 1. The first-order chi connectivity index (χ1) is 13.3. The molecule has 1 aromatic heterocycles. The molecule has 0 radical (unpaired) electrons. The number of rotatable bonds is 6. The van der Waals surface area contributed by atoms with E-state index in [0.29, 0.717) is 24.5 Å². The van der Waals surface area contributed by atoms with E-state index in [0.717, 1.165) is 19.3 Å². The first kappa shape index (κ1) is 20.0. The zero-order valence-corrected chi connectivity index (χ0v) is 16.4. The van der Waals surface area contributed by atoms with E-state index in [1.807, 2.05) is 0 Å². The maximum absolute atomic E-state index is 12.6. The van der Waals surface area contributed by atoms with Crippen molar-refractivity contribution < 1.29 is 18.0 Å². The van der Waals surface area contributed by atoms with Crippen LogP contribution in [0.4, 0.5) is 11.4 Å². The third-order valence-electron chi connectivity index (χ3n) is 4.34. The molecular weight excluding hydrogens is 382 g/mol. The number of nitrogens with one attached hydrogen (secondary N) is 2. The molecule has 1 saturated heterocycles. The van der Waals surface area contributed by atoms with Crippen molar-refractivity contribution in [1.82, 2.24) is 13.9 Å². The molecule has 2 N–H and O–H groups in total. The predicted octanol–water partition coefficient (Wildman–Crippen LogP) is 1.65. The lowest BCUT2D eigenvalue weighted by Crippen LogP contribution is -2.35. The summed E-state index contributed by atoms with van der Waals surface area (Å²) < 4.78 is 28.1. The van der Waals surface area contributed by atoms with Crippen molar-refractivity contribution in [2.24, 2.45) is 0 Å². The van der Waals surface area contributed by atoms with Gasteiger partial charge >= 0.3 is 0 Å². The number of hydrogen-bond donors (Lipinski definition) is 2. The molecule has 0 spiro atoms. The number of benzene rings is 1. The number of amides is 2. The van der Waals surface area contributed by atoms with E-state index in [-0.39, 0.29) is 23.4 Å². The van der Waals surface area contributed by atoms with Crippen molar-refractivity contribution in [3.63, 3.8) is 0 Å². The van der Waals surface area contributed by atoms with Crippen LogP contribution in [0.25, 0.3) is 0 Å². The molecule has 1 fully saturated rings. The lowest BCUT2D eigenvalue weighted by Gasteiger charge is -2.24. The van der Waals surface area contributed by atoms with E-state index in [9.17, 15) is 18.0 Å². The van der Waals surface area contributed by atoms with Crippen molar-refractivity contribution in [2.75, 3.05) is 23.7 Å². The molecule has 1 aromatic carbocycles. The van der Waals surface area contributed by atoms with Gasteiger partial charge in [-0.3, -0.25) is 9.59 Å². The minimum Gasteiger partial charge on any atom is -0.327 e. The van der Waals surface area contributed by atoms with Gasteiger partial charge in [0.15, 0.2) is 5.03 Å². The van der Waals surface area contributed by atoms with Crippen molar-refractivity contribution in [2.45, 2.75) is 37.8 Å². The fourth-order valence-corrected chi connectivity index (χ4v) is 4.46. The standard InChI is InChI=1S/C18H23N5O4S/c1-14(24)20-15-5-7-16(8-6-15)21-17(25)11-22-12-18(19-13-22)28(26,27)23-9-3-2-4-10-23/h5-8,12-13H,2-4,9-11H2,1H3,(H,20,24)(H,21,25). The zero-order chi connectivity index (χ0) is 20.1. The predicted molar refractivity (Wildman–Crippen MR) is 104 cm³/mol. The van der Waals surface area contributed by atoms with Gasteiger partial charge in [0, 0.05) is 37.6 Å². The highest BCUT2D eigenvalue weighted by Gasteiger charge is 2.28. The third kappa shape index (κ3) is 4.96. The van der Waals surface area contributed by atoms with Gasteiger partial charge in [-0.25, -0.2) is 13.4 Å². The highest BCUT2D eigenvalue weighted by atomic mass is 32.2. The first-order valence-electron chi connectivity index (χ1n) is 9.04. The molecule has 0 atom stereocenters. The van der Waals surface area contributed by atoms with E-state index in [1.165, 1.54) is 28.3 Å². The summed E-state index contributed by atoms with van der Waals surface area (Å²) in [6.07, 6.45) is 5.46. The molecule has 2 amide bonds. The average Bonchev–Trinajstić information content (AvgIpc) is 3.13. The Balaban J connectivity index is 1.60. The van der Waals surface area contributed by atoms with Gasteiger partial charge in [-0.1, -0.05) is 6.42 Å². The van der Waals surface area contributed by atoms with Gasteiger partial charge in [0.2, 0.25) is 11.8 Å². The minimum atomic E-state index is -3.62. The Morgan fingerprint density at radius 1 is 1.04 bits per heavy atom.